The SMILES string of the molecule is CC(C)CS(=O)(=O)Nc1cccc(F)c1C#N. The summed E-state index contributed by atoms with van der Waals surface area (Å²) >= 11 is 0. The number of hydrogen-bond donors (Lipinski definition) is 1. The molecule has 0 radical (unpaired) electrons. The van der Waals surface area contributed by atoms with Crippen LogP contribution in [0.3, 0.4) is 0 Å². The topological polar surface area (TPSA) is 70.0 Å². The molecular formula is C11H13FN2O2S. The van der Waals surface area contributed by atoms with Crippen molar-refractivity contribution in [3.8, 4) is 6.07 Å². The Morgan fingerprint density at radius 3 is 2.65 bits per heavy atom. The second-order valence-electron chi connectivity index (χ2n) is 4.05. The fourth-order valence-corrected chi connectivity index (χ4v) is 2.84. The molecule has 0 amide bonds. The summed E-state index contributed by atoms with van der Waals surface area (Å²) in [5, 5.41) is 8.75. The maximum absolute atomic E-state index is 13.2. The number of benzene rings is 1. The lowest BCUT2D eigenvalue weighted by atomic mass is 10.2. The Morgan fingerprint density at radius 1 is 1.47 bits per heavy atom. The van der Waals surface area contributed by atoms with Gasteiger partial charge in [-0.25, -0.2) is 12.8 Å². The minimum absolute atomic E-state index is 0.0202. The van der Waals surface area contributed by atoms with E-state index in [4.69, 9.17) is 5.26 Å². The Balaban J connectivity index is 3.05. The van der Waals surface area contributed by atoms with Crippen molar-refractivity contribution in [1.29, 1.82) is 5.26 Å². The van der Waals surface area contributed by atoms with Gasteiger partial charge in [-0.2, -0.15) is 5.26 Å². The number of nitriles is 1. The average Bonchev–Trinajstić information content (AvgIpc) is 2.14. The number of hydrogen-bond acceptors (Lipinski definition) is 3. The normalized spacial score (nSPS) is 11.2. The molecule has 4 nitrogen and oxygen atoms in total. The smallest absolute Gasteiger partial charge is 0.233 e. The van der Waals surface area contributed by atoms with E-state index in [0.29, 0.717) is 0 Å². The molecule has 92 valence electrons. The Kier molecular flexibility index (Phi) is 4.07. The van der Waals surface area contributed by atoms with Crippen molar-refractivity contribution >= 4 is 15.7 Å². The highest BCUT2D eigenvalue weighted by Crippen LogP contribution is 2.19. The van der Waals surface area contributed by atoms with E-state index < -0.39 is 15.8 Å². The number of nitrogens with one attached hydrogen (secondary N) is 1. The summed E-state index contributed by atoms with van der Waals surface area (Å²) in [4.78, 5) is 0. The first kappa shape index (κ1) is 13.5. The highest BCUT2D eigenvalue weighted by atomic mass is 32.2. The Labute approximate surface area is 100 Å². The summed E-state index contributed by atoms with van der Waals surface area (Å²) in [6, 6.07) is 5.46. The van der Waals surface area contributed by atoms with Gasteiger partial charge in [0.05, 0.1) is 11.4 Å². The zero-order chi connectivity index (χ0) is 13.1. The van der Waals surface area contributed by atoms with Crippen LogP contribution in [0.15, 0.2) is 18.2 Å². The lowest BCUT2D eigenvalue weighted by Gasteiger charge is -2.11. The number of rotatable bonds is 4. The molecule has 0 aromatic heterocycles. The summed E-state index contributed by atoms with van der Waals surface area (Å²) < 4.78 is 38.7. The molecule has 0 saturated carbocycles. The van der Waals surface area contributed by atoms with Gasteiger partial charge in [0.2, 0.25) is 10.0 Å². The highest BCUT2D eigenvalue weighted by molar-refractivity contribution is 7.92. The third-order valence-electron chi connectivity index (χ3n) is 1.94. The first-order valence-electron chi connectivity index (χ1n) is 5.05. The van der Waals surface area contributed by atoms with Gasteiger partial charge in [-0.15, -0.1) is 0 Å². The van der Waals surface area contributed by atoms with Crippen LogP contribution in [0.1, 0.15) is 19.4 Å². The third kappa shape index (κ3) is 3.71. The minimum atomic E-state index is -3.55. The van der Waals surface area contributed by atoms with E-state index in [1.54, 1.807) is 19.9 Å². The zero-order valence-corrected chi connectivity index (χ0v) is 10.4. The van der Waals surface area contributed by atoms with Gasteiger partial charge < -0.3 is 0 Å². The Morgan fingerprint density at radius 2 is 2.12 bits per heavy atom. The first-order chi connectivity index (χ1) is 7.85. The predicted molar refractivity (Wildman–Crippen MR) is 63.4 cm³/mol. The van der Waals surface area contributed by atoms with Crippen molar-refractivity contribution in [3.63, 3.8) is 0 Å². The summed E-state index contributed by atoms with van der Waals surface area (Å²) in [5.74, 6) is -0.863. The van der Waals surface area contributed by atoms with Gasteiger partial charge in [-0.3, -0.25) is 4.72 Å². The maximum atomic E-state index is 13.2. The van der Waals surface area contributed by atoms with Crippen molar-refractivity contribution in [2.24, 2.45) is 5.92 Å². The molecule has 1 N–H and O–H groups in total. The molecule has 1 aromatic rings. The van der Waals surface area contributed by atoms with Gasteiger partial charge >= 0.3 is 0 Å². The van der Waals surface area contributed by atoms with Crippen LogP contribution in [0, 0.1) is 23.1 Å². The van der Waals surface area contributed by atoms with E-state index in [0.717, 1.165) is 6.07 Å². The van der Waals surface area contributed by atoms with Crippen LogP contribution in [0.25, 0.3) is 0 Å². The van der Waals surface area contributed by atoms with Gasteiger partial charge in [0.15, 0.2) is 0 Å². The number of sulfonamides is 1. The summed E-state index contributed by atoms with van der Waals surface area (Å²) in [5.41, 5.74) is -0.312. The van der Waals surface area contributed by atoms with Crippen LogP contribution in [0.5, 0.6) is 0 Å². The molecule has 0 aliphatic rings. The predicted octanol–water partition coefficient (Wildman–Crippen LogP) is 2.10. The second kappa shape index (κ2) is 5.15. The van der Waals surface area contributed by atoms with Crippen LogP contribution in [0.4, 0.5) is 10.1 Å². The molecule has 0 spiro atoms. The minimum Gasteiger partial charge on any atom is -0.282 e. The lowest BCUT2D eigenvalue weighted by molar-refractivity contribution is 0.587. The molecule has 0 aliphatic carbocycles. The monoisotopic (exact) mass is 256 g/mol. The van der Waals surface area contributed by atoms with Gasteiger partial charge in [0, 0.05) is 0 Å². The Bertz CT molecular complexity index is 547. The van der Waals surface area contributed by atoms with Gasteiger partial charge in [-0.05, 0) is 18.1 Å². The van der Waals surface area contributed by atoms with E-state index in [9.17, 15) is 12.8 Å². The fraction of sp³-hybridized carbons (Fsp3) is 0.364. The summed E-state index contributed by atoms with van der Waals surface area (Å²) in [6.45, 7) is 3.52. The molecule has 0 atom stereocenters. The third-order valence-corrected chi connectivity index (χ3v) is 3.58. The van der Waals surface area contributed by atoms with Crippen molar-refractivity contribution < 1.29 is 12.8 Å². The lowest BCUT2D eigenvalue weighted by Crippen LogP contribution is -2.20. The van der Waals surface area contributed by atoms with Gasteiger partial charge in [0.1, 0.15) is 17.4 Å². The molecule has 0 heterocycles. The molecule has 1 rings (SSSR count). The van der Waals surface area contributed by atoms with Gasteiger partial charge in [0.25, 0.3) is 0 Å². The molecule has 0 saturated heterocycles. The summed E-state index contributed by atoms with van der Waals surface area (Å²) in [6.07, 6.45) is 0. The van der Waals surface area contributed by atoms with E-state index in [1.807, 2.05) is 0 Å². The van der Waals surface area contributed by atoms with E-state index in [1.165, 1.54) is 12.1 Å². The van der Waals surface area contributed by atoms with Gasteiger partial charge in [-0.1, -0.05) is 19.9 Å². The van der Waals surface area contributed by atoms with Crippen molar-refractivity contribution in [1.82, 2.24) is 0 Å². The number of anilines is 1. The first-order valence-corrected chi connectivity index (χ1v) is 6.70. The molecule has 0 bridgehead atoms. The van der Waals surface area contributed by atoms with E-state index in [-0.39, 0.29) is 22.9 Å². The molecule has 0 aliphatic heterocycles. The van der Waals surface area contributed by atoms with Crippen LogP contribution >= 0.6 is 0 Å². The number of halogens is 1. The molecule has 1 aromatic carbocycles. The van der Waals surface area contributed by atoms with Crippen LogP contribution in [-0.4, -0.2) is 14.2 Å². The molecule has 17 heavy (non-hydrogen) atoms. The van der Waals surface area contributed by atoms with Crippen molar-refractivity contribution in [2.45, 2.75) is 13.8 Å². The molecule has 0 fully saturated rings. The van der Waals surface area contributed by atoms with E-state index in [2.05, 4.69) is 4.72 Å². The average molecular weight is 256 g/mol. The zero-order valence-electron chi connectivity index (χ0n) is 9.57. The molecule has 0 unspecified atom stereocenters. The van der Waals surface area contributed by atoms with Crippen molar-refractivity contribution in [2.75, 3.05) is 10.5 Å². The van der Waals surface area contributed by atoms with Crippen LogP contribution < -0.4 is 4.72 Å². The fourth-order valence-electron chi connectivity index (χ4n) is 1.37. The largest absolute Gasteiger partial charge is 0.282 e. The maximum Gasteiger partial charge on any atom is 0.233 e. The second-order valence-corrected chi connectivity index (χ2v) is 5.82. The van der Waals surface area contributed by atoms with Crippen molar-refractivity contribution in [3.05, 3.63) is 29.6 Å². The molecule has 6 heteroatoms. The van der Waals surface area contributed by atoms with Crippen LogP contribution in [0.2, 0.25) is 0 Å². The number of nitrogens with zero attached hydrogens (tertiary/aromatic N) is 1. The quantitative estimate of drug-likeness (QED) is 0.896. The Hall–Kier alpha value is -1.61. The summed E-state index contributed by atoms with van der Waals surface area (Å²) in [7, 11) is -3.55. The molecular weight excluding hydrogens is 243 g/mol. The van der Waals surface area contributed by atoms with E-state index >= 15 is 0 Å². The van der Waals surface area contributed by atoms with Crippen LogP contribution in [-0.2, 0) is 10.0 Å². The highest BCUT2D eigenvalue weighted by Gasteiger charge is 2.16. The standard InChI is InChI=1S/C11H13FN2O2S/c1-8(2)7-17(15,16)14-11-5-3-4-10(12)9(11)6-13/h3-5,8,14H,7H2,1-2H3.